The highest BCUT2D eigenvalue weighted by molar-refractivity contribution is 7.89. The molecule has 20 heavy (non-hydrogen) atoms. The first-order valence-corrected chi connectivity index (χ1v) is 8.37. The molecule has 0 radical (unpaired) electrons. The van der Waals surface area contributed by atoms with Gasteiger partial charge in [0.2, 0.25) is 10.0 Å². The fourth-order valence-corrected chi connectivity index (χ4v) is 2.94. The Morgan fingerprint density at radius 1 is 1.25 bits per heavy atom. The molecule has 1 rings (SSSR count). The molecule has 0 aliphatic rings. The molecule has 0 aromatic heterocycles. The molecular formula is C14H23NO4S. The molecule has 0 bridgehead atoms. The summed E-state index contributed by atoms with van der Waals surface area (Å²) in [7, 11) is -1.83. The second-order valence-electron chi connectivity index (χ2n) is 4.85. The molecule has 0 amide bonds. The zero-order valence-corrected chi connectivity index (χ0v) is 12.9. The van der Waals surface area contributed by atoms with E-state index in [9.17, 15) is 8.42 Å². The lowest BCUT2D eigenvalue weighted by atomic mass is 10.1. The highest BCUT2D eigenvalue weighted by Crippen LogP contribution is 2.14. The van der Waals surface area contributed by atoms with Crippen molar-refractivity contribution in [2.75, 3.05) is 19.5 Å². The first-order chi connectivity index (χ1) is 9.44. The van der Waals surface area contributed by atoms with Gasteiger partial charge in [0.25, 0.3) is 0 Å². The smallest absolute Gasteiger partial charge is 0.209 e. The van der Waals surface area contributed by atoms with Gasteiger partial charge in [0.05, 0.1) is 26.1 Å². The SMILES string of the molecule is CCCC(COCc1ccc(OC)cc1)CS(N)(=O)=O. The van der Waals surface area contributed by atoms with Crippen LogP contribution in [0.5, 0.6) is 5.75 Å². The topological polar surface area (TPSA) is 78.6 Å². The highest BCUT2D eigenvalue weighted by atomic mass is 32.2. The van der Waals surface area contributed by atoms with Gasteiger partial charge in [-0.15, -0.1) is 0 Å². The van der Waals surface area contributed by atoms with Crippen molar-refractivity contribution in [2.24, 2.45) is 11.1 Å². The number of ether oxygens (including phenoxy) is 2. The Morgan fingerprint density at radius 3 is 2.40 bits per heavy atom. The van der Waals surface area contributed by atoms with Crippen LogP contribution in [-0.2, 0) is 21.4 Å². The van der Waals surface area contributed by atoms with Gasteiger partial charge in [0.15, 0.2) is 0 Å². The maximum atomic E-state index is 11.1. The van der Waals surface area contributed by atoms with Crippen LogP contribution >= 0.6 is 0 Å². The van der Waals surface area contributed by atoms with Crippen LogP contribution in [0.1, 0.15) is 25.3 Å². The maximum absolute atomic E-state index is 11.1. The summed E-state index contributed by atoms with van der Waals surface area (Å²) in [5.41, 5.74) is 1.02. The lowest BCUT2D eigenvalue weighted by molar-refractivity contribution is 0.0901. The number of sulfonamides is 1. The van der Waals surface area contributed by atoms with E-state index in [-0.39, 0.29) is 11.7 Å². The summed E-state index contributed by atoms with van der Waals surface area (Å²) < 4.78 is 32.9. The molecule has 1 atom stereocenters. The second-order valence-corrected chi connectivity index (χ2v) is 6.51. The van der Waals surface area contributed by atoms with Crippen molar-refractivity contribution in [2.45, 2.75) is 26.4 Å². The number of hydrogen-bond acceptors (Lipinski definition) is 4. The van der Waals surface area contributed by atoms with Gasteiger partial charge in [-0.3, -0.25) is 0 Å². The molecule has 1 unspecified atom stereocenters. The third-order valence-electron chi connectivity index (χ3n) is 2.95. The molecule has 1 aromatic rings. The van der Waals surface area contributed by atoms with Crippen molar-refractivity contribution >= 4 is 10.0 Å². The molecule has 5 nitrogen and oxygen atoms in total. The van der Waals surface area contributed by atoms with Gasteiger partial charge < -0.3 is 9.47 Å². The third-order valence-corrected chi connectivity index (χ3v) is 3.88. The number of primary sulfonamides is 1. The van der Waals surface area contributed by atoms with Gasteiger partial charge in [-0.05, 0) is 30.0 Å². The molecule has 114 valence electrons. The summed E-state index contributed by atoms with van der Waals surface area (Å²) in [4.78, 5) is 0. The predicted octanol–water partition coefficient (Wildman–Crippen LogP) is 1.92. The Bertz CT molecular complexity index is 484. The molecule has 0 aliphatic heterocycles. The maximum Gasteiger partial charge on any atom is 0.209 e. The van der Waals surface area contributed by atoms with E-state index in [0.717, 1.165) is 24.2 Å². The van der Waals surface area contributed by atoms with Gasteiger partial charge in [0.1, 0.15) is 5.75 Å². The zero-order chi connectivity index (χ0) is 15.0. The Labute approximate surface area is 121 Å². The van der Waals surface area contributed by atoms with Crippen LogP contribution in [0.15, 0.2) is 24.3 Å². The van der Waals surface area contributed by atoms with Crippen LogP contribution in [0, 0.1) is 5.92 Å². The Balaban J connectivity index is 2.42. The van der Waals surface area contributed by atoms with E-state index in [4.69, 9.17) is 14.6 Å². The van der Waals surface area contributed by atoms with Crippen molar-refractivity contribution in [1.82, 2.24) is 0 Å². The van der Waals surface area contributed by atoms with Crippen molar-refractivity contribution in [3.63, 3.8) is 0 Å². The van der Waals surface area contributed by atoms with E-state index < -0.39 is 10.0 Å². The van der Waals surface area contributed by atoms with Gasteiger partial charge in [-0.2, -0.15) is 0 Å². The zero-order valence-electron chi connectivity index (χ0n) is 12.0. The van der Waals surface area contributed by atoms with E-state index >= 15 is 0 Å². The van der Waals surface area contributed by atoms with E-state index in [2.05, 4.69) is 0 Å². The van der Waals surface area contributed by atoms with Gasteiger partial charge in [-0.25, -0.2) is 13.6 Å². The second kappa shape index (κ2) is 8.24. The van der Waals surface area contributed by atoms with Gasteiger partial charge >= 0.3 is 0 Å². The minimum atomic E-state index is -3.45. The minimum Gasteiger partial charge on any atom is -0.497 e. The number of rotatable bonds is 9. The molecule has 0 fully saturated rings. The Hall–Kier alpha value is -1.11. The third kappa shape index (κ3) is 6.88. The first kappa shape index (κ1) is 16.9. The monoisotopic (exact) mass is 301 g/mol. The van der Waals surface area contributed by atoms with Crippen molar-refractivity contribution in [3.05, 3.63) is 29.8 Å². The van der Waals surface area contributed by atoms with E-state index in [0.29, 0.717) is 13.2 Å². The van der Waals surface area contributed by atoms with Crippen LogP contribution in [0.2, 0.25) is 0 Å². The van der Waals surface area contributed by atoms with E-state index in [1.807, 2.05) is 31.2 Å². The number of methoxy groups -OCH3 is 1. The summed E-state index contributed by atoms with van der Waals surface area (Å²) in [5.74, 6) is 0.726. The summed E-state index contributed by atoms with van der Waals surface area (Å²) in [6.45, 7) is 2.87. The summed E-state index contributed by atoms with van der Waals surface area (Å²) in [6, 6.07) is 7.58. The number of hydrogen-bond donors (Lipinski definition) is 1. The van der Waals surface area contributed by atoms with Crippen LogP contribution in [-0.4, -0.2) is 27.9 Å². The molecule has 0 spiro atoms. The Morgan fingerprint density at radius 2 is 1.90 bits per heavy atom. The summed E-state index contributed by atoms with van der Waals surface area (Å²) >= 11 is 0. The van der Waals surface area contributed by atoms with Crippen LogP contribution in [0.25, 0.3) is 0 Å². The number of nitrogens with two attached hydrogens (primary N) is 1. The fraction of sp³-hybridized carbons (Fsp3) is 0.571. The largest absolute Gasteiger partial charge is 0.497 e. The van der Waals surface area contributed by atoms with Gasteiger partial charge in [-0.1, -0.05) is 25.5 Å². The standard InChI is InChI=1S/C14H23NO4S/c1-3-4-13(11-20(15,16)17)10-19-9-12-5-7-14(18-2)8-6-12/h5-8,13H,3-4,9-11H2,1-2H3,(H2,15,16,17). The molecule has 0 saturated carbocycles. The van der Waals surface area contributed by atoms with Gasteiger partial charge in [0, 0.05) is 0 Å². The lowest BCUT2D eigenvalue weighted by Crippen LogP contribution is -2.26. The average molecular weight is 301 g/mol. The van der Waals surface area contributed by atoms with Crippen LogP contribution in [0.3, 0.4) is 0 Å². The fourth-order valence-electron chi connectivity index (χ4n) is 2.02. The van der Waals surface area contributed by atoms with Crippen molar-refractivity contribution in [1.29, 1.82) is 0 Å². The predicted molar refractivity (Wildman–Crippen MR) is 79.0 cm³/mol. The van der Waals surface area contributed by atoms with Crippen LogP contribution in [0.4, 0.5) is 0 Å². The quantitative estimate of drug-likeness (QED) is 0.755. The van der Waals surface area contributed by atoms with Crippen molar-refractivity contribution < 1.29 is 17.9 Å². The molecule has 6 heteroatoms. The highest BCUT2D eigenvalue weighted by Gasteiger charge is 2.15. The van der Waals surface area contributed by atoms with E-state index in [1.54, 1.807) is 7.11 Å². The van der Waals surface area contributed by atoms with E-state index in [1.165, 1.54) is 0 Å². The Kier molecular flexibility index (Phi) is 6.98. The first-order valence-electron chi connectivity index (χ1n) is 6.65. The van der Waals surface area contributed by atoms with Crippen LogP contribution < -0.4 is 9.88 Å². The summed E-state index contributed by atoms with van der Waals surface area (Å²) in [6.07, 6.45) is 1.70. The average Bonchev–Trinajstić information content (AvgIpc) is 2.38. The number of benzene rings is 1. The molecule has 1 aromatic carbocycles. The normalized spacial score (nSPS) is 13.2. The van der Waals surface area contributed by atoms with Crippen molar-refractivity contribution in [3.8, 4) is 5.75 Å². The molecule has 2 N–H and O–H groups in total. The molecular weight excluding hydrogens is 278 g/mol. The molecule has 0 saturated heterocycles. The minimum absolute atomic E-state index is 0.0244. The molecule has 0 heterocycles. The molecule has 0 aliphatic carbocycles. The summed E-state index contributed by atoms with van der Waals surface area (Å²) in [5, 5.41) is 5.08. The lowest BCUT2D eigenvalue weighted by Gasteiger charge is -2.15.